The van der Waals surface area contributed by atoms with E-state index in [1.54, 1.807) is 12.1 Å². The number of hydrogen-bond donors (Lipinski definition) is 0. The number of methoxy groups -OCH3 is 1. The Morgan fingerprint density at radius 2 is 1.21 bits per heavy atom. The maximum Gasteiger partial charge on any atom is 0.530 e. The Morgan fingerprint density at radius 1 is 0.684 bits per heavy atom. The molecule has 0 heterocycles. The topological polar surface area (TPSA) is 71.1 Å². The summed E-state index contributed by atoms with van der Waals surface area (Å²) in [6.45, 7) is 6.00. The summed E-state index contributed by atoms with van der Waals surface area (Å²) in [5.74, 6) is 0.196. The molecule has 0 fully saturated rings. The number of phosphoric acid groups is 1. The zero-order valence-electron chi connectivity index (χ0n) is 22.0. The molecule has 0 saturated carbocycles. The van der Waals surface area contributed by atoms with Gasteiger partial charge in [0, 0.05) is 11.1 Å². The lowest BCUT2D eigenvalue weighted by molar-refractivity contribution is 0.103. The van der Waals surface area contributed by atoms with Crippen molar-refractivity contribution < 1.29 is 27.7 Å². The summed E-state index contributed by atoms with van der Waals surface area (Å²) in [6, 6.07) is 27.1. The highest BCUT2D eigenvalue weighted by Gasteiger charge is 2.31. The van der Waals surface area contributed by atoms with E-state index in [0.717, 1.165) is 27.8 Å². The Hall–Kier alpha value is -3.70. The third-order valence-electron chi connectivity index (χ3n) is 6.29. The molecule has 6 nitrogen and oxygen atoms in total. The van der Waals surface area contributed by atoms with Crippen LogP contribution in [0.15, 0.2) is 91.0 Å². The predicted octanol–water partition coefficient (Wildman–Crippen LogP) is 7.77. The van der Waals surface area contributed by atoms with Crippen molar-refractivity contribution in [1.82, 2.24) is 0 Å². The third kappa shape index (κ3) is 6.78. The highest BCUT2D eigenvalue weighted by molar-refractivity contribution is 7.48. The largest absolute Gasteiger partial charge is 0.530 e. The second-order valence-corrected chi connectivity index (χ2v) is 10.6. The molecule has 0 atom stereocenters. The van der Waals surface area contributed by atoms with Crippen molar-refractivity contribution in [3.05, 3.63) is 130 Å². The Morgan fingerprint density at radius 3 is 1.71 bits per heavy atom. The van der Waals surface area contributed by atoms with Crippen LogP contribution in [0.3, 0.4) is 0 Å². The van der Waals surface area contributed by atoms with E-state index < -0.39 is 7.82 Å². The van der Waals surface area contributed by atoms with E-state index in [0.29, 0.717) is 16.9 Å². The molecule has 7 heteroatoms. The van der Waals surface area contributed by atoms with Gasteiger partial charge in [0.15, 0.2) is 17.3 Å². The lowest BCUT2D eigenvalue weighted by Gasteiger charge is -2.20. The molecule has 4 rings (SSSR count). The molecular formula is C31H31O6P. The van der Waals surface area contributed by atoms with Gasteiger partial charge in [-0.05, 0) is 78.9 Å². The predicted molar refractivity (Wildman–Crippen MR) is 148 cm³/mol. The van der Waals surface area contributed by atoms with Crippen molar-refractivity contribution in [2.75, 3.05) is 7.11 Å². The Labute approximate surface area is 223 Å². The number of ketones is 1. The zero-order chi connectivity index (χ0) is 27.1. The number of phosphoric ester groups is 1. The Bertz CT molecular complexity index is 1380. The molecule has 0 aliphatic carbocycles. The number of hydrogen-bond acceptors (Lipinski definition) is 6. The van der Waals surface area contributed by atoms with E-state index in [1.165, 1.54) is 13.2 Å². The first-order valence-corrected chi connectivity index (χ1v) is 13.7. The van der Waals surface area contributed by atoms with Gasteiger partial charge in [-0.1, -0.05) is 60.7 Å². The van der Waals surface area contributed by atoms with Gasteiger partial charge in [0.25, 0.3) is 0 Å². The van der Waals surface area contributed by atoms with Crippen LogP contribution in [0, 0.1) is 20.8 Å². The van der Waals surface area contributed by atoms with Gasteiger partial charge in [-0.25, -0.2) is 4.57 Å². The number of carbonyl (C=O) groups excluding carboxylic acids is 1. The van der Waals surface area contributed by atoms with E-state index in [-0.39, 0.29) is 24.7 Å². The van der Waals surface area contributed by atoms with Crippen molar-refractivity contribution in [2.24, 2.45) is 0 Å². The molecule has 0 N–H and O–H groups in total. The minimum atomic E-state index is -4.15. The molecule has 0 radical (unpaired) electrons. The van der Waals surface area contributed by atoms with Gasteiger partial charge in [0.1, 0.15) is 0 Å². The fourth-order valence-corrected chi connectivity index (χ4v) is 5.07. The van der Waals surface area contributed by atoms with Gasteiger partial charge in [-0.3, -0.25) is 13.8 Å². The van der Waals surface area contributed by atoms with Crippen LogP contribution < -0.4 is 9.26 Å². The quantitative estimate of drug-likeness (QED) is 0.146. The molecule has 4 aromatic carbocycles. The average molecular weight is 531 g/mol. The maximum atomic E-state index is 13.9. The highest BCUT2D eigenvalue weighted by atomic mass is 31.2. The molecule has 38 heavy (non-hydrogen) atoms. The monoisotopic (exact) mass is 530 g/mol. The fourth-order valence-electron chi connectivity index (χ4n) is 3.89. The highest BCUT2D eigenvalue weighted by Crippen LogP contribution is 2.53. The van der Waals surface area contributed by atoms with Gasteiger partial charge in [-0.15, -0.1) is 0 Å². The molecule has 0 aliphatic rings. The van der Waals surface area contributed by atoms with Crippen LogP contribution in [-0.2, 0) is 26.8 Å². The first-order chi connectivity index (χ1) is 18.3. The SMILES string of the molecule is COc1ccc(C(=O)c2cc(C)c(C)c(C)c2)cc1OP(=O)(OCc1ccccc1)OCc1ccccc1. The molecule has 0 aromatic heterocycles. The number of aryl methyl sites for hydroxylation is 2. The van der Waals surface area contributed by atoms with Gasteiger partial charge < -0.3 is 9.26 Å². The molecule has 0 saturated heterocycles. The normalized spacial score (nSPS) is 11.3. The standard InChI is InChI=1S/C31H31O6P/c1-22-17-28(18-23(2)24(22)3)31(32)27-15-16-29(34-4)30(19-27)37-38(33,35-20-25-11-7-5-8-12-25)36-21-26-13-9-6-10-14-26/h5-19H,20-21H2,1-4H3. The van der Waals surface area contributed by atoms with Crippen molar-refractivity contribution >= 4 is 13.6 Å². The van der Waals surface area contributed by atoms with Crippen LogP contribution in [0.2, 0.25) is 0 Å². The Kier molecular flexibility index (Phi) is 8.80. The Balaban J connectivity index is 1.64. The van der Waals surface area contributed by atoms with Crippen LogP contribution in [0.1, 0.15) is 43.7 Å². The molecule has 196 valence electrons. The van der Waals surface area contributed by atoms with Crippen molar-refractivity contribution in [2.45, 2.75) is 34.0 Å². The number of benzene rings is 4. The molecular weight excluding hydrogens is 499 g/mol. The first-order valence-electron chi connectivity index (χ1n) is 12.2. The van der Waals surface area contributed by atoms with E-state index >= 15 is 0 Å². The molecule has 0 amide bonds. The summed E-state index contributed by atoms with van der Waals surface area (Å²) in [5, 5.41) is 0. The van der Waals surface area contributed by atoms with E-state index in [4.69, 9.17) is 18.3 Å². The summed E-state index contributed by atoms with van der Waals surface area (Å²) >= 11 is 0. The van der Waals surface area contributed by atoms with Crippen molar-refractivity contribution in [3.8, 4) is 11.5 Å². The third-order valence-corrected chi connectivity index (χ3v) is 7.60. The average Bonchev–Trinajstić information content (AvgIpc) is 2.94. The summed E-state index contributed by atoms with van der Waals surface area (Å²) < 4.78 is 36.7. The van der Waals surface area contributed by atoms with Gasteiger partial charge in [0.2, 0.25) is 0 Å². The smallest absolute Gasteiger partial charge is 0.493 e. The molecule has 0 bridgehead atoms. The van der Waals surface area contributed by atoms with E-state index in [2.05, 4.69) is 0 Å². The second-order valence-electron chi connectivity index (χ2n) is 8.99. The lowest BCUT2D eigenvalue weighted by atomic mass is 9.95. The lowest BCUT2D eigenvalue weighted by Crippen LogP contribution is -2.07. The van der Waals surface area contributed by atoms with Crippen LogP contribution in [0.25, 0.3) is 0 Å². The van der Waals surface area contributed by atoms with Gasteiger partial charge >= 0.3 is 7.82 Å². The van der Waals surface area contributed by atoms with Crippen LogP contribution in [0.4, 0.5) is 0 Å². The van der Waals surface area contributed by atoms with Crippen LogP contribution in [0.5, 0.6) is 11.5 Å². The van der Waals surface area contributed by atoms with Gasteiger partial charge in [0.05, 0.1) is 20.3 Å². The summed E-state index contributed by atoms with van der Waals surface area (Å²) in [5.41, 5.74) is 5.75. The molecule has 0 aliphatic heterocycles. The number of rotatable bonds is 11. The summed E-state index contributed by atoms with van der Waals surface area (Å²) in [4.78, 5) is 13.4. The van der Waals surface area contributed by atoms with Crippen molar-refractivity contribution in [3.63, 3.8) is 0 Å². The second kappa shape index (κ2) is 12.2. The summed E-state index contributed by atoms with van der Waals surface area (Å²) in [6.07, 6.45) is 0. The van der Waals surface area contributed by atoms with Crippen LogP contribution >= 0.6 is 7.82 Å². The molecule has 4 aromatic rings. The maximum absolute atomic E-state index is 13.9. The summed E-state index contributed by atoms with van der Waals surface area (Å²) in [7, 11) is -2.68. The van der Waals surface area contributed by atoms with Crippen LogP contribution in [-0.4, -0.2) is 12.9 Å². The number of ether oxygens (including phenoxy) is 1. The van der Waals surface area contributed by atoms with Gasteiger partial charge in [-0.2, -0.15) is 0 Å². The minimum Gasteiger partial charge on any atom is -0.493 e. The number of carbonyl (C=O) groups is 1. The van der Waals surface area contributed by atoms with Crippen molar-refractivity contribution in [1.29, 1.82) is 0 Å². The zero-order valence-corrected chi connectivity index (χ0v) is 22.9. The minimum absolute atomic E-state index is 0.00969. The van der Waals surface area contributed by atoms with E-state index in [1.807, 2.05) is 93.6 Å². The first kappa shape index (κ1) is 27.3. The molecule has 0 unspecified atom stereocenters. The molecule has 0 spiro atoms. The van der Waals surface area contributed by atoms with E-state index in [9.17, 15) is 9.36 Å². The fraction of sp³-hybridized carbons (Fsp3) is 0.194.